The number of anilines is 1. The highest BCUT2D eigenvalue weighted by atomic mass is 19.1. The number of ether oxygens (including phenoxy) is 1. The monoisotopic (exact) mass is 240 g/mol. The largest absolute Gasteiger partial charge is 0.494 e. The topological polar surface area (TPSA) is 50.4 Å². The summed E-state index contributed by atoms with van der Waals surface area (Å²) in [5, 5.41) is 5.22. The Morgan fingerprint density at radius 3 is 2.71 bits per heavy atom. The maximum absolute atomic E-state index is 13.3. The van der Waals surface area contributed by atoms with Gasteiger partial charge < -0.3 is 15.4 Å². The molecule has 0 spiro atoms. The van der Waals surface area contributed by atoms with Crippen LogP contribution in [0, 0.1) is 11.7 Å². The van der Waals surface area contributed by atoms with Gasteiger partial charge in [-0.25, -0.2) is 9.18 Å². The van der Waals surface area contributed by atoms with E-state index in [2.05, 4.69) is 10.6 Å². The molecule has 0 unspecified atom stereocenters. The molecule has 1 aromatic rings. The van der Waals surface area contributed by atoms with Crippen LogP contribution in [0.3, 0.4) is 0 Å². The van der Waals surface area contributed by atoms with Gasteiger partial charge in [-0.05, 0) is 18.1 Å². The third-order valence-electron chi connectivity index (χ3n) is 2.08. The quantitative estimate of drug-likeness (QED) is 0.850. The van der Waals surface area contributed by atoms with Crippen LogP contribution in [-0.2, 0) is 0 Å². The summed E-state index contributed by atoms with van der Waals surface area (Å²) in [5.74, 6) is 0.0145. The Morgan fingerprint density at radius 2 is 2.18 bits per heavy atom. The lowest BCUT2D eigenvalue weighted by Gasteiger charge is -2.10. The molecule has 0 fully saturated rings. The molecule has 1 rings (SSSR count). The van der Waals surface area contributed by atoms with Crippen molar-refractivity contribution in [2.75, 3.05) is 19.0 Å². The van der Waals surface area contributed by atoms with Gasteiger partial charge in [0.2, 0.25) is 0 Å². The van der Waals surface area contributed by atoms with Gasteiger partial charge in [0.15, 0.2) is 11.6 Å². The summed E-state index contributed by atoms with van der Waals surface area (Å²) in [6.45, 7) is 4.56. The summed E-state index contributed by atoms with van der Waals surface area (Å²) >= 11 is 0. The molecule has 2 amide bonds. The second-order valence-corrected chi connectivity index (χ2v) is 4.08. The maximum atomic E-state index is 13.3. The van der Waals surface area contributed by atoms with Gasteiger partial charge in [0.05, 0.1) is 7.11 Å². The SMILES string of the molecule is COc1ccc(NC(=O)NCC(C)C)cc1F. The molecule has 0 aliphatic heterocycles. The van der Waals surface area contributed by atoms with Gasteiger partial charge in [-0.15, -0.1) is 0 Å². The zero-order chi connectivity index (χ0) is 12.8. The van der Waals surface area contributed by atoms with Crippen molar-refractivity contribution in [3.05, 3.63) is 24.0 Å². The molecular weight excluding hydrogens is 223 g/mol. The van der Waals surface area contributed by atoms with Gasteiger partial charge in [0, 0.05) is 18.3 Å². The molecule has 0 bridgehead atoms. The van der Waals surface area contributed by atoms with Crippen molar-refractivity contribution >= 4 is 11.7 Å². The van der Waals surface area contributed by atoms with E-state index in [-0.39, 0.29) is 11.8 Å². The molecule has 2 N–H and O–H groups in total. The average molecular weight is 240 g/mol. The smallest absolute Gasteiger partial charge is 0.319 e. The fraction of sp³-hybridized carbons (Fsp3) is 0.417. The standard InChI is InChI=1S/C12H17FN2O2/c1-8(2)7-14-12(16)15-9-4-5-11(17-3)10(13)6-9/h4-6,8H,7H2,1-3H3,(H2,14,15,16). The molecule has 0 aromatic heterocycles. The Kier molecular flexibility index (Phi) is 4.75. The van der Waals surface area contributed by atoms with Crippen LogP contribution in [0.5, 0.6) is 5.75 Å². The zero-order valence-corrected chi connectivity index (χ0v) is 10.2. The second kappa shape index (κ2) is 6.08. The fourth-order valence-corrected chi connectivity index (χ4v) is 1.22. The van der Waals surface area contributed by atoms with Crippen LogP contribution in [0.2, 0.25) is 0 Å². The molecule has 0 aliphatic carbocycles. The molecule has 0 radical (unpaired) electrons. The first kappa shape index (κ1) is 13.3. The first-order chi connectivity index (χ1) is 8.02. The lowest BCUT2D eigenvalue weighted by atomic mass is 10.2. The third kappa shape index (κ3) is 4.30. The Morgan fingerprint density at radius 1 is 1.47 bits per heavy atom. The van der Waals surface area contributed by atoms with Crippen LogP contribution in [-0.4, -0.2) is 19.7 Å². The van der Waals surface area contributed by atoms with E-state index in [4.69, 9.17) is 4.74 Å². The van der Waals surface area contributed by atoms with Crippen LogP contribution >= 0.6 is 0 Å². The van der Waals surface area contributed by atoms with Crippen LogP contribution in [0.25, 0.3) is 0 Å². The average Bonchev–Trinajstić information content (AvgIpc) is 2.26. The van der Waals surface area contributed by atoms with E-state index >= 15 is 0 Å². The summed E-state index contributed by atoms with van der Waals surface area (Å²) < 4.78 is 18.1. The number of urea groups is 1. The van der Waals surface area contributed by atoms with E-state index < -0.39 is 5.82 Å². The summed E-state index contributed by atoms with van der Waals surface area (Å²) in [7, 11) is 1.39. The molecule has 94 valence electrons. The van der Waals surface area contributed by atoms with Gasteiger partial charge in [-0.1, -0.05) is 13.8 Å². The molecule has 0 atom stereocenters. The summed E-state index contributed by atoms with van der Waals surface area (Å²) in [6, 6.07) is 3.92. The fourth-order valence-electron chi connectivity index (χ4n) is 1.22. The number of carbonyl (C=O) groups excluding carboxylic acids is 1. The lowest BCUT2D eigenvalue weighted by molar-refractivity contribution is 0.251. The highest BCUT2D eigenvalue weighted by Crippen LogP contribution is 2.20. The molecule has 1 aromatic carbocycles. The maximum Gasteiger partial charge on any atom is 0.319 e. The van der Waals surface area contributed by atoms with Gasteiger partial charge in [0.25, 0.3) is 0 Å². The van der Waals surface area contributed by atoms with Crippen molar-refractivity contribution < 1.29 is 13.9 Å². The Labute approximate surface area is 100 Å². The highest BCUT2D eigenvalue weighted by molar-refractivity contribution is 5.89. The van der Waals surface area contributed by atoms with E-state index in [0.717, 1.165) is 0 Å². The number of halogens is 1. The van der Waals surface area contributed by atoms with Gasteiger partial charge in [0.1, 0.15) is 0 Å². The van der Waals surface area contributed by atoms with E-state index in [1.807, 2.05) is 13.8 Å². The number of hydrogen-bond acceptors (Lipinski definition) is 2. The van der Waals surface area contributed by atoms with Crippen LogP contribution < -0.4 is 15.4 Å². The molecule has 17 heavy (non-hydrogen) atoms. The van der Waals surface area contributed by atoms with Crippen molar-refractivity contribution in [1.82, 2.24) is 5.32 Å². The number of methoxy groups -OCH3 is 1. The molecule has 0 saturated heterocycles. The summed E-state index contributed by atoms with van der Waals surface area (Å²) in [5.41, 5.74) is 0.393. The van der Waals surface area contributed by atoms with Crippen molar-refractivity contribution in [3.63, 3.8) is 0 Å². The minimum absolute atomic E-state index is 0.151. The summed E-state index contributed by atoms with van der Waals surface area (Å²) in [6.07, 6.45) is 0. The van der Waals surface area contributed by atoms with E-state index in [1.165, 1.54) is 19.2 Å². The third-order valence-corrected chi connectivity index (χ3v) is 2.08. The molecule has 0 aliphatic rings. The zero-order valence-electron chi connectivity index (χ0n) is 10.2. The minimum Gasteiger partial charge on any atom is -0.494 e. The molecular formula is C12H17FN2O2. The predicted molar refractivity (Wildman–Crippen MR) is 64.8 cm³/mol. The Balaban J connectivity index is 2.57. The first-order valence-electron chi connectivity index (χ1n) is 5.41. The van der Waals surface area contributed by atoms with Crippen molar-refractivity contribution in [1.29, 1.82) is 0 Å². The summed E-state index contributed by atoms with van der Waals surface area (Å²) in [4.78, 5) is 11.4. The molecule has 5 heteroatoms. The first-order valence-corrected chi connectivity index (χ1v) is 5.41. The van der Waals surface area contributed by atoms with E-state index in [0.29, 0.717) is 18.2 Å². The number of amides is 2. The number of benzene rings is 1. The van der Waals surface area contributed by atoms with Gasteiger partial charge in [-0.2, -0.15) is 0 Å². The lowest BCUT2D eigenvalue weighted by Crippen LogP contribution is -2.31. The minimum atomic E-state index is -0.505. The Hall–Kier alpha value is -1.78. The van der Waals surface area contributed by atoms with E-state index in [9.17, 15) is 9.18 Å². The van der Waals surface area contributed by atoms with Crippen LogP contribution in [0.1, 0.15) is 13.8 Å². The normalized spacial score (nSPS) is 10.2. The van der Waals surface area contributed by atoms with Gasteiger partial charge >= 0.3 is 6.03 Å². The highest BCUT2D eigenvalue weighted by Gasteiger charge is 2.06. The van der Waals surface area contributed by atoms with Crippen LogP contribution in [0.4, 0.5) is 14.9 Å². The molecule has 0 saturated carbocycles. The second-order valence-electron chi connectivity index (χ2n) is 4.08. The number of carbonyl (C=O) groups is 1. The number of rotatable bonds is 4. The van der Waals surface area contributed by atoms with Gasteiger partial charge in [-0.3, -0.25) is 0 Å². The Bertz CT molecular complexity index is 394. The number of hydrogen-bond donors (Lipinski definition) is 2. The van der Waals surface area contributed by atoms with Crippen molar-refractivity contribution in [2.45, 2.75) is 13.8 Å². The molecule has 4 nitrogen and oxygen atoms in total. The van der Waals surface area contributed by atoms with Crippen molar-refractivity contribution in [2.24, 2.45) is 5.92 Å². The molecule has 0 heterocycles. The van der Waals surface area contributed by atoms with Crippen LogP contribution in [0.15, 0.2) is 18.2 Å². The van der Waals surface area contributed by atoms with Crippen molar-refractivity contribution in [3.8, 4) is 5.75 Å². The number of nitrogens with one attached hydrogen (secondary N) is 2. The predicted octanol–water partition coefficient (Wildman–Crippen LogP) is 2.61. The van der Waals surface area contributed by atoms with E-state index in [1.54, 1.807) is 6.07 Å².